The van der Waals surface area contributed by atoms with Crippen molar-refractivity contribution in [2.24, 2.45) is 0 Å². The lowest BCUT2D eigenvalue weighted by atomic mass is 10.0. The van der Waals surface area contributed by atoms with Crippen LogP contribution in [0.2, 0.25) is 0 Å². The van der Waals surface area contributed by atoms with Crippen LogP contribution in [0.25, 0.3) is 0 Å². The number of esters is 3. The third kappa shape index (κ3) is 55.9. The Morgan fingerprint density at radius 3 is 0.942 bits per heavy atom. The van der Waals surface area contributed by atoms with Gasteiger partial charge in [0.2, 0.25) is 0 Å². The fourth-order valence-corrected chi connectivity index (χ4v) is 8.56. The van der Waals surface area contributed by atoms with Gasteiger partial charge in [-0.2, -0.15) is 0 Å². The molecule has 0 heterocycles. The van der Waals surface area contributed by atoms with Crippen LogP contribution in [0.1, 0.15) is 303 Å². The summed E-state index contributed by atoms with van der Waals surface area (Å²) in [5, 5.41) is 0. The second-order valence-electron chi connectivity index (χ2n) is 19.9. The third-order valence-electron chi connectivity index (χ3n) is 13.0. The van der Waals surface area contributed by atoms with Gasteiger partial charge >= 0.3 is 17.9 Å². The Balaban J connectivity index is 4.32. The molecule has 0 saturated heterocycles. The maximum atomic E-state index is 12.9. The van der Waals surface area contributed by atoms with Crippen molar-refractivity contribution < 1.29 is 28.6 Å². The van der Waals surface area contributed by atoms with Gasteiger partial charge in [-0.25, -0.2) is 0 Å². The van der Waals surface area contributed by atoms with Crippen LogP contribution < -0.4 is 0 Å². The number of unbranched alkanes of at least 4 members (excludes halogenated alkanes) is 33. The van der Waals surface area contributed by atoms with Gasteiger partial charge in [-0.1, -0.05) is 268 Å². The van der Waals surface area contributed by atoms with Crippen LogP contribution >= 0.6 is 0 Å². The zero-order valence-electron chi connectivity index (χ0n) is 45.8. The minimum Gasteiger partial charge on any atom is -0.462 e. The van der Waals surface area contributed by atoms with Crippen molar-refractivity contribution in [2.45, 2.75) is 309 Å². The normalized spacial score (nSPS) is 12.4. The molecule has 0 radical (unpaired) electrons. The molecular formula is C63H112O6. The smallest absolute Gasteiger partial charge is 0.306 e. The Kier molecular flexibility index (Phi) is 55.3. The van der Waals surface area contributed by atoms with Gasteiger partial charge in [0, 0.05) is 19.3 Å². The van der Waals surface area contributed by atoms with E-state index in [1.165, 1.54) is 154 Å². The number of rotatable bonds is 54. The maximum absolute atomic E-state index is 12.9. The van der Waals surface area contributed by atoms with Crippen molar-refractivity contribution in [3.05, 3.63) is 60.8 Å². The van der Waals surface area contributed by atoms with E-state index in [1.54, 1.807) is 0 Å². The van der Waals surface area contributed by atoms with Crippen LogP contribution in [0.15, 0.2) is 60.8 Å². The van der Waals surface area contributed by atoms with Gasteiger partial charge in [-0.3, -0.25) is 14.4 Å². The Hall–Kier alpha value is -2.89. The molecular weight excluding hydrogens is 853 g/mol. The number of carbonyl (C=O) groups is 3. The lowest BCUT2D eigenvalue weighted by molar-refractivity contribution is -0.167. The molecule has 0 bridgehead atoms. The molecule has 0 aromatic rings. The Labute approximate surface area is 428 Å². The zero-order chi connectivity index (χ0) is 50.0. The summed E-state index contributed by atoms with van der Waals surface area (Å²) in [5.74, 6) is -0.891. The first-order valence-electron chi connectivity index (χ1n) is 29.8. The second-order valence-corrected chi connectivity index (χ2v) is 19.9. The molecule has 0 saturated carbocycles. The standard InChI is InChI=1S/C63H112O6/c1-4-7-10-13-16-19-22-25-27-29-30-31-32-34-35-38-41-44-47-50-53-56-62(65)68-59-60(58-67-61(64)55-52-49-46-43-40-37-24-21-18-15-12-9-6-3)69-63(66)57-54-51-48-45-42-39-36-33-28-26-23-20-17-14-11-8-5-2/h8,11-12,15,17,20-21,24,26,28,60H,4-7,9-10,13-14,16,18-19,22-23,25,27,29-59H2,1-3H3/b11-8-,15-12-,20-17-,24-21-,28-26-. The van der Waals surface area contributed by atoms with E-state index in [1.807, 2.05) is 0 Å². The topological polar surface area (TPSA) is 78.9 Å². The van der Waals surface area contributed by atoms with E-state index in [2.05, 4.69) is 81.5 Å². The highest BCUT2D eigenvalue weighted by Gasteiger charge is 2.19. The van der Waals surface area contributed by atoms with Gasteiger partial charge in [0.25, 0.3) is 0 Å². The average Bonchev–Trinajstić information content (AvgIpc) is 3.35. The number of hydrogen-bond donors (Lipinski definition) is 0. The summed E-state index contributed by atoms with van der Waals surface area (Å²) in [7, 11) is 0. The molecule has 6 nitrogen and oxygen atoms in total. The summed E-state index contributed by atoms with van der Waals surface area (Å²) in [4.78, 5) is 38.2. The zero-order valence-corrected chi connectivity index (χ0v) is 45.8. The van der Waals surface area contributed by atoms with E-state index in [-0.39, 0.29) is 31.1 Å². The number of ether oxygens (including phenoxy) is 3. The highest BCUT2D eigenvalue weighted by Crippen LogP contribution is 2.17. The second kappa shape index (κ2) is 57.7. The van der Waals surface area contributed by atoms with Crippen LogP contribution in [0.3, 0.4) is 0 Å². The minimum absolute atomic E-state index is 0.0802. The van der Waals surface area contributed by atoms with Crippen LogP contribution in [-0.2, 0) is 28.6 Å². The predicted octanol–water partition coefficient (Wildman–Crippen LogP) is 20.0. The Morgan fingerprint density at radius 2 is 0.594 bits per heavy atom. The van der Waals surface area contributed by atoms with Crippen molar-refractivity contribution in [1.29, 1.82) is 0 Å². The summed E-state index contributed by atoms with van der Waals surface area (Å²) in [6.07, 6.45) is 72.2. The summed E-state index contributed by atoms with van der Waals surface area (Å²) < 4.78 is 16.9. The first-order chi connectivity index (χ1) is 34.0. The van der Waals surface area contributed by atoms with Crippen molar-refractivity contribution in [3.8, 4) is 0 Å². The molecule has 1 unspecified atom stereocenters. The number of allylic oxidation sites excluding steroid dienone is 10. The maximum Gasteiger partial charge on any atom is 0.306 e. The molecule has 69 heavy (non-hydrogen) atoms. The highest BCUT2D eigenvalue weighted by molar-refractivity contribution is 5.71. The van der Waals surface area contributed by atoms with E-state index < -0.39 is 6.10 Å². The van der Waals surface area contributed by atoms with Gasteiger partial charge in [0.05, 0.1) is 0 Å². The Bertz CT molecular complexity index is 1250. The first kappa shape index (κ1) is 66.1. The summed E-state index contributed by atoms with van der Waals surface area (Å²) >= 11 is 0. The van der Waals surface area contributed by atoms with Crippen LogP contribution in [-0.4, -0.2) is 37.2 Å². The molecule has 1 atom stereocenters. The summed E-state index contributed by atoms with van der Waals surface area (Å²) in [6, 6.07) is 0. The van der Waals surface area contributed by atoms with Gasteiger partial charge in [-0.05, 0) is 77.0 Å². The lowest BCUT2D eigenvalue weighted by Crippen LogP contribution is -2.30. The molecule has 0 aliphatic rings. The molecule has 0 aromatic heterocycles. The van der Waals surface area contributed by atoms with E-state index in [9.17, 15) is 14.4 Å². The van der Waals surface area contributed by atoms with E-state index in [4.69, 9.17) is 14.2 Å². The van der Waals surface area contributed by atoms with E-state index in [0.717, 1.165) is 109 Å². The van der Waals surface area contributed by atoms with Gasteiger partial charge in [0.1, 0.15) is 13.2 Å². The van der Waals surface area contributed by atoms with Crippen molar-refractivity contribution in [2.75, 3.05) is 13.2 Å². The first-order valence-corrected chi connectivity index (χ1v) is 29.8. The van der Waals surface area contributed by atoms with Gasteiger partial charge in [0.15, 0.2) is 6.10 Å². The minimum atomic E-state index is -0.784. The van der Waals surface area contributed by atoms with Crippen molar-refractivity contribution >= 4 is 17.9 Å². The number of hydrogen-bond acceptors (Lipinski definition) is 6. The van der Waals surface area contributed by atoms with Crippen molar-refractivity contribution in [1.82, 2.24) is 0 Å². The molecule has 400 valence electrons. The van der Waals surface area contributed by atoms with Crippen LogP contribution in [0.4, 0.5) is 0 Å². The summed E-state index contributed by atoms with van der Waals surface area (Å²) in [6.45, 7) is 6.48. The monoisotopic (exact) mass is 965 g/mol. The average molecular weight is 966 g/mol. The largest absolute Gasteiger partial charge is 0.462 e. The molecule has 6 heteroatoms. The quantitative estimate of drug-likeness (QED) is 0.0262. The van der Waals surface area contributed by atoms with Gasteiger partial charge in [-0.15, -0.1) is 0 Å². The molecule has 0 aliphatic heterocycles. The Morgan fingerprint density at radius 1 is 0.304 bits per heavy atom. The van der Waals surface area contributed by atoms with E-state index >= 15 is 0 Å². The van der Waals surface area contributed by atoms with Crippen LogP contribution in [0, 0.1) is 0 Å². The molecule has 0 N–H and O–H groups in total. The van der Waals surface area contributed by atoms with Crippen LogP contribution in [0.5, 0.6) is 0 Å². The molecule has 0 fully saturated rings. The number of carbonyl (C=O) groups excluding carboxylic acids is 3. The fourth-order valence-electron chi connectivity index (χ4n) is 8.56. The highest BCUT2D eigenvalue weighted by atomic mass is 16.6. The third-order valence-corrected chi connectivity index (χ3v) is 13.0. The SMILES string of the molecule is CC/C=C\C/C=C\C/C=C\CCCCCCCCCC(=O)OC(COC(=O)CCCCCCC/C=C\C/C=C\CCC)COC(=O)CCCCCCCCCCCCCCCCCCCCCCC. The molecule has 0 aliphatic carbocycles. The molecule has 0 aromatic carbocycles. The molecule has 0 spiro atoms. The predicted molar refractivity (Wildman–Crippen MR) is 298 cm³/mol. The van der Waals surface area contributed by atoms with Crippen molar-refractivity contribution in [3.63, 3.8) is 0 Å². The van der Waals surface area contributed by atoms with E-state index in [0.29, 0.717) is 19.3 Å². The summed E-state index contributed by atoms with van der Waals surface area (Å²) in [5.41, 5.74) is 0. The molecule has 0 rings (SSSR count). The lowest BCUT2D eigenvalue weighted by Gasteiger charge is -2.18. The van der Waals surface area contributed by atoms with Gasteiger partial charge < -0.3 is 14.2 Å². The fraction of sp³-hybridized carbons (Fsp3) is 0.794. The molecule has 0 amide bonds.